The van der Waals surface area contributed by atoms with Crippen molar-refractivity contribution in [2.75, 3.05) is 5.32 Å². The summed E-state index contributed by atoms with van der Waals surface area (Å²) in [6.45, 7) is 0. The van der Waals surface area contributed by atoms with Gasteiger partial charge in [-0.3, -0.25) is 0 Å². The van der Waals surface area contributed by atoms with Crippen LogP contribution in [-0.4, -0.2) is 12.2 Å². The molecule has 0 atom stereocenters. The molecule has 0 aromatic heterocycles. The highest BCUT2D eigenvalue weighted by molar-refractivity contribution is 5.97. The van der Waals surface area contributed by atoms with E-state index >= 15 is 0 Å². The van der Waals surface area contributed by atoms with Crippen molar-refractivity contribution < 1.29 is 18.0 Å². The molecule has 1 heterocycles. The number of para-hydroxylation sites is 1. The molecule has 3 nitrogen and oxygen atoms in total. The number of alkyl halides is 3. The smallest absolute Gasteiger partial charge is 0.314 e. The molecule has 0 spiro atoms. The van der Waals surface area contributed by atoms with Crippen molar-refractivity contribution in [2.45, 2.75) is 6.18 Å². The third kappa shape index (κ3) is 1.86. The fourth-order valence-corrected chi connectivity index (χ4v) is 1.44. The molecular formula is C10H7F3N2O. The number of carbonyl (C=O) groups excluding carboxylic acids is 1. The number of urea groups is 1. The van der Waals surface area contributed by atoms with Crippen LogP contribution in [0.4, 0.5) is 23.7 Å². The molecule has 2 N–H and O–H groups in total. The van der Waals surface area contributed by atoms with Crippen molar-refractivity contribution in [3.05, 3.63) is 36.0 Å². The molecule has 0 bridgehead atoms. The van der Waals surface area contributed by atoms with E-state index in [1.54, 1.807) is 6.07 Å². The summed E-state index contributed by atoms with van der Waals surface area (Å²) < 4.78 is 38.0. The molecule has 2 amide bonds. The maximum absolute atomic E-state index is 12.7. The molecule has 1 aromatic carbocycles. The Morgan fingerprint density at radius 1 is 1.12 bits per heavy atom. The summed E-state index contributed by atoms with van der Waals surface area (Å²) >= 11 is 0. The van der Waals surface area contributed by atoms with Gasteiger partial charge in [0.15, 0.2) is 0 Å². The summed E-state index contributed by atoms with van der Waals surface area (Å²) in [5, 5.41) is 4.34. The number of rotatable bonds is 0. The average Bonchev–Trinajstić information content (AvgIpc) is 2.34. The van der Waals surface area contributed by atoms with Crippen molar-refractivity contribution in [1.82, 2.24) is 5.32 Å². The first-order valence-electron chi connectivity index (χ1n) is 4.43. The molecule has 0 saturated heterocycles. The molecular weight excluding hydrogens is 221 g/mol. The van der Waals surface area contributed by atoms with Crippen molar-refractivity contribution in [3.63, 3.8) is 0 Å². The summed E-state index contributed by atoms with van der Waals surface area (Å²) in [5.74, 6) is 0. The van der Waals surface area contributed by atoms with E-state index in [9.17, 15) is 18.0 Å². The maximum Gasteiger partial charge on any atom is 0.418 e. The van der Waals surface area contributed by atoms with Gasteiger partial charge >= 0.3 is 12.2 Å². The lowest BCUT2D eigenvalue weighted by molar-refractivity contribution is -0.0690. The SMILES string of the molecule is O=C1NC=C(C(F)(F)F)c2ccccc2N1. The minimum Gasteiger partial charge on any atom is -0.314 e. The van der Waals surface area contributed by atoms with Gasteiger partial charge in [-0.2, -0.15) is 13.2 Å². The number of amides is 2. The van der Waals surface area contributed by atoms with E-state index in [1.807, 2.05) is 5.32 Å². The van der Waals surface area contributed by atoms with Gasteiger partial charge in [0.05, 0.1) is 11.3 Å². The van der Waals surface area contributed by atoms with Crippen LogP contribution < -0.4 is 10.6 Å². The maximum atomic E-state index is 12.7. The topological polar surface area (TPSA) is 41.1 Å². The Kier molecular flexibility index (Phi) is 2.34. The zero-order valence-electron chi connectivity index (χ0n) is 7.93. The van der Waals surface area contributed by atoms with Crippen LogP contribution in [-0.2, 0) is 0 Å². The predicted molar refractivity (Wildman–Crippen MR) is 52.6 cm³/mol. The quantitative estimate of drug-likeness (QED) is 0.704. The molecule has 0 aliphatic carbocycles. The first-order valence-corrected chi connectivity index (χ1v) is 4.43. The molecule has 1 aliphatic heterocycles. The van der Waals surface area contributed by atoms with Gasteiger partial charge in [0.25, 0.3) is 0 Å². The van der Waals surface area contributed by atoms with Gasteiger partial charge in [0.1, 0.15) is 0 Å². The molecule has 1 aromatic rings. The monoisotopic (exact) mass is 228 g/mol. The lowest BCUT2D eigenvalue weighted by atomic mass is 10.0. The van der Waals surface area contributed by atoms with Crippen LogP contribution in [0.2, 0.25) is 0 Å². The Labute approximate surface area is 89.0 Å². The molecule has 6 heteroatoms. The fourth-order valence-electron chi connectivity index (χ4n) is 1.44. The molecule has 0 unspecified atom stereocenters. The van der Waals surface area contributed by atoms with Crippen LogP contribution in [0.15, 0.2) is 30.5 Å². The summed E-state index contributed by atoms with van der Waals surface area (Å²) in [7, 11) is 0. The second kappa shape index (κ2) is 3.55. The van der Waals surface area contributed by atoms with Crippen molar-refractivity contribution >= 4 is 17.3 Å². The number of halogens is 3. The van der Waals surface area contributed by atoms with Crippen molar-refractivity contribution in [2.24, 2.45) is 0 Å². The molecule has 2 rings (SSSR count). The molecule has 84 valence electrons. The van der Waals surface area contributed by atoms with Crippen molar-refractivity contribution in [3.8, 4) is 0 Å². The third-order valence-electron chi connectivity index (χ3n) is 2.12. The number of carbonyl (C=O) groups is 1. The summed E-state index contributed by atoms with van der Waals surface area (Å²) in [4.78, 5) is 11.1. The van der Waals surface area contributed by atoms with Crippen LogP contribution in [0.1, 0.15) is 5.56 Å². The van der Waals surface area contributed by atoms with E-state index < -0.39 is 17.8 Å². The van der Waals surface area contributed by atoms with Crippen molar-refractivity contribution in [1.29, 1.82) is 0 Å². The highest BCUT2D eigenvalue weighted by atomic mass is 19.4. The Morgan fingerprint density at radius 2 is 1.81 bits per heavy atom. The lowest BCUT2D eigenvalue weighted by Gasteiger charge is -2.12. The summed E-state index contributed by atoms with van der Waals surface area (Å²) in [6, 6.07) is 5.07. The highest BCUT2D eigenvalue weighted by Gasteiger charge is 2.37. The number of hydrogen-bond acceptors (Lipinski definition) is 1. The molecule has 0 saturated carbocycles. The van der Waals surface area contributed by atoms with Gasteiger partial charge < -0.3 is 10.6 Å². The van der Waals surface area contributed by atoms with E-state index in [2.05, 4.69) is 5.32 Å². The largest absolute Gasteiger partial charge is 0.418 e. The van der Waals surface area contributed by atoms with Gasteiger partial charge in [-0.05, 0) is 6.07 Å². The second-order valence-corrected chi connectivity index (χ2v) is 3.20. The van der Waals surface area contributed by atoms with Crippen LogP contribution in [0, 0.1) is 0 Å². The number of nitrogens with one attached hydrogen (secondary N) is 2. The number of benzene rings is 1. The zero-order valence-corrected chi connectivity index (χ0v) is 7.93. The lowest BCUT2D eigenvalue weighted by Crippen LogP contribution is -2.22. The van der Waals surface area contributed by atoms with E-state index in [4.69, 9.17) is 0 Å². The van der Waals surface area contributed by atoms with Crippen LogP contribution in [0.5, 0.6) is 0 Å². The third-order valence-corrected chi connectivity index (χ3v) is 2.12. The fraction of sp³-hybridized carbons (Fsp3) is 0.100. The number of allylic oxidation sites excluding steroid dienone is 1. The summed E-state index contributed by atoms with van der Waals surface area (Å²) in [5.41, 5.74) is -0.782. The van der Waals surface area contributed by atoms with E-state index in [0.29, 0.717) is 6.20 Å². The molecule has 0 radical (unpaired) electrons. The number of anilines is 1. The normalized spacial score (nSPS) is 15.4. The van der Waals surface area contributed by atoms with E-state index in [1.165, 1.54) is 18.2 Å². The van der Waals surface area contributed by atoms with Gasteiger partial charge in [0.2, 0.25) is 0 Å². The highest BCUT2D eigenvalue weighted by Crippen LogP contribution is 2.37. The van der Waals surface area contributed by atoms with Crippen LogP contribution in [0.3, 0.4) is 0 Å². The van der Waals surface area contributed by atoms with Crippen LogP contribution in [0.25, 0.3) is 5.57 Å². The van der Waals surface area contributed by atoms with Gasteiger partial charge in [-0.25, -0.2) is 4.79 Å². The second-order valence-electron chi connectivity index (χ2n) is 3.20. The summed E-state index contributed by atoms with van der Waals surface area (Å²) in [6.07, 6.45) is -3.84. The minimum absolute atomic E-state index is 0.0478. The van der Waals surface area contributed by atoms with Gasteiger partial charge in [-0.1, -0.05) is 18.2 Å². The Morgan fingerprint density at radius 3 is 2.50 bits per heavy atom. The van der Waals surface area contributed by atoms with Gasteiger partial charge in [0, 0.05) is 11.8 Å². The predicted octanol–water partition coefficient (Wildman–Crippen LogP) is 2.72. The Balaban J connectivity index is 2.58. The Hall–Kier alpha value is -1.98. The molecule has 16 heavy (non-hydrogen) atoms. The first-order chi connectivity index (χ1) is 7.48. The first kappa shape index (κ1) is 10.5. The Bertz CT molecular complexity index is 465. The minimum atomic E-state index is -4.50. The van der Waals surface area contributed by atoms with Crippen LogP contribution >= 0.6 is 0 Å². The average molecular weight is 228 g/mol. The van der Waals surface area contributed by atoms with E-state index in [0.717, 1.165) is 0 Å². The number of fused-ring (bicyclic) bond motifs is 1. The zero-order chi connectivity index (χ0) is 11.8. The standard InChI is InChI=1S/C10H7F3N2O/c11-10(12,13)7-5-14-9(16)15-8-4-2-1-3-6(7)8/h1-5H,(H2,14,15,16). The van der Waals surface area contributed by atoms with E-state index in [-0.39, 0.29) is 11.3 Å². The van der Waals surface area contributed by atoms with Gasteiger partial charge in [-0.15, -0.1) is 0 Å². The number of hydrogen-bond donors (Lipinski definition) is 2. The molecule has 0 fully saturated rings. The molecule has 1 aliphatic rings.